The molecule has 0 heterocycles. The summed E-state index contributed by atoms with van der Waals surface area (Å²) < 4.78 is 35.8. The van der Waals surface area contributed by atoms with Gasteiger partial charge in [-0.05, 0) is 49.2 Å². The van der Waals surface area contributed by atoms with Gasteiger partial charge < -0.3 is 14.6 Å². The maximum absolute atomic E-state index is 13.1. The monoisotopic (exact) mass is 407 g/mol. The average molecular weight is 407 g/mol. The minimum Gasteiger partial charge on any atom is -0.497 e. The minimum absolute atomic E-state index is 0.0368. The number of carboxylic acids is 1. The number of carboxylic acid groups (broad SMARTS) is 1. The number of hydrogen-bond acceptors (Lipinski definition) is 5. The van der Waals surface area contributed by atoms with E-state index < -0.39 is 20.7 Å². The third-order valence-corrected chi connectivity index (χ3v) is 6.94. The second-order valence-electron chi connectivity index (χ2n) is 6.78. The fraction of sp³-hybridized carbons (Fsp3) is 0.350. The average Bonchev–Trinajstić information content (AvgIpc) is 2.68. The Bertz CT molecular complexity index is 855. The summed E-state index contributed by atoms with van der Waals surface area (Å²) >= 11 is 0. The molecule has 0 saturated carbocycles. The lowest BCUT2D eigenvalue weighted by molar-refractivity contribution is -0.139. The highest BCUT2D eigenvalue weighted by Gasteiger charge is 2.45. The molecule has 0 bridgehead atoms. The van der Waals surface area contributed by atoms with Gasteiger partial charge in [-0.15, -0.1) is 0 Å². The maximum Gasteiger partial charge on any atom is 0.325 e. The lowest BCUT2D eigenvalue weighted by atomic mass is 10.2. The molecular weight excluding hydrogens is 382 g/mol. The van der Waals surface area contributed by atoms with Crippen molar-refractivity contribution in [3.05, 3.63) is 59.7 Å². The van der Waals surface area contributed by atoms with Gasteiger partial charge in [0.15, 0.2) is 4.75 Å². The summed E-state index contributed by atoms with van der Waals surface area (Å²) in [5, 5.41) is 9.46. The summed E-state index contributed by atoms with van der Waals surface area (Å²) in [7, 11) is -1.06. The molecule has 0 spiro atoms. The fourth-order valence-corrected chi connectivity index (χ4v) is 4.03. The lowest BCUT2D eigenvalue weighted by Gasteiger charge is -2.30. The predicted molar refractivity (Wildman–Crippen MR) is 106 cm³/mol. The van der Waals surface area contributed by atoms with Crippen molar-refractivity contribution in [2.24, 2.45) is 0 Å². The van der Waals surface area contributed by atoms with Gasteiger partial charge in [-0.25, -0.2) is 8.42 Å². The van der Waals surface area contributed by atoms with Gasteiger partial charge in [0, 0.05) is 13.1 Å². The Hall–Kier alpha value is -2.58. The molecule has 8 heteroatoms. The molecule has 0 aliphatic carbocycles. The van der Waals surface area contributed by atoms with Crippen LogP contribution in [-0.4, -0.2) is 42.8 Å². The molecular formula is C20H25NO6S. The zero-order valence-corrected chi connectivity index (χ0v) is 17.2. The smallest absolute Gasteiger partial charge is 0.325 e. The van der Waals surface area contributed by atoms with Crippen molar-refractivity contribution >= 4 is 16.0 Å². The summed E-state index contributed by atoms with van der Waals surface area (Å²) in [6.07, 6.45) is 0. The Morgan fingerprint density at radius 3 is 1.54 bits per heavy atom. The minimum atomic E-state index is -4.16. The lowest BCUT2D eigenvalue weighted by Crippen LogP contribution is -2.49. The quantitative estimate of drug-likeness (QED) is 0.687. The third-order valence-electron chi connectivity index (χ3n) is 4.54. The van der Waals surface area contributed by atoms with E-state index in [9.17, 15) is 18.3 Å². The van der Waals surface area contributed by atoms with Crippen LogP contribution in [0, 0.1) is 0 Å². The van der Waals surface area contributed by atoms with Crippen LogP contribution in [0.2, 0.25) is 0 Å². The van der Waals surface area contributed by atoms with E-state index in [4.69, 9.17) is 9.47 Å². The van der Waals surface area contributed by atoms with E-state index in [0.717, 1.165) is 11.1 Å². The van der Waals surface area contributed by atoms with Gasteiger partial charge in [0.25, 0.3) is 0 Å². The van der Waals surface area contributed by atoms with Gasteiger partial charge in [-0.1, -0.05) is 24.3 Å². The third kappa shape index (κ3) is 4.63. The first-order valence-corrected chi connectivity index (χ1v) is 10.0. The number of ether oxygens (including phenoxy) is 2. The van der Waals surface area contributed by atoms with E-state index >= 15 is 0 Å². The standard InChI is InChI=1S/C20H25NO6S/c1-20(2,19(22)23)28(24,25)21(13-15-5-9-17(26-3)10-6-15)14-16-7-11-18(27-4)12-8-16/h5-12H,13-14H2,1-4H3,(H,22,23). The van der Waals surface area contributed by atoms with Crippen LogP contribution in [0.5, 0.6) is 11.5 Å². The highest BCUT2D eigenvalue weighted by molar-refractivity contribution is 7.91. The molecule has 2 aromatic carbocycles. The summed E-state index contributed by atoms with van der Waals surface area (Å²) in [4.78, 5) is 11.6. The molecule has 0 atom stereocenters. The van der Waals surface area contributed by atoms with Crippen molar-refractivity contribution in [2.75, 3.05) is 14.2 Å². The Kier molecular flexibility index (Phi) is 6.69. The van der Waals surface area contributed by atoms with Crippen LogP contribution in [0.25, 0.3) is 0 Å². The Balaban J connectivity index is 2.39. The molecule has 0 radical (unpaired) electrons. The molecule has 7 nitrogen and oxygen atoms in total. The Morgan fingerprint density at radius 1 is 0.893 bits per heavy atom. The topological polar surface area (TPSA) is 93.1 Å². The number of sulfonamides is 1. The largest absolute Gasteiger partial charge is 0.497 e. The van der Waals surface area contributed by atoms with Gasteiger partial charge in [0.2, 0.25) is 10.0 Å². The van der Waals surface area contributed by atoms with Crippen molar-refractivity contribution in [3.63, 3.8) is 0 Å². The molecule has 0 aliphatic rings. The predicted octanol–water partition coefficient (Wildman–Crippen LogP) is 2.90. The molecule has 0 saturated heterocycles. The van der Waals surface area contributed by atoms with Crippen molar-refractivity contribution < 1.29 is 27.8 Å². The van der Waals surface area contributed by atoms with E-state index in [1.807, 2.05) is 0 Å². The van der Waals surface area contributed by atoms with Crippen LogP contribution >= 0.6 is 0 Å². The molecule has 0 amide bonds. The van der Waals surface area contributed by atoms with E-state index in [1.165, 1.54) is 18.2 Å². The number of nitrogens with zero attached hydrogens (tertiary/aromatic N) is 1. The molecule has 152 valence electrons. The van der Waals surface area contributed by atoms with Crippen LogP contribution in [0.15, 0.2) is 48.5 Å². The molecule has 28 heavy (non-hydrogen) atoms. The second-order valence-corrected chi connectivity index (χ2v) is 9.27. The van der Waals surface area contributed by atoms with Crippen LogP contribution in [0.3, 0.4) is 0 Å². The highest BCUT2D eigenvalue weighted by atomic mass is 32.2. The van der Waals surface area contributed by atoms with Gasteiger partial charge in [0.05, 0.1) is 14.2 Å². The number of benzene rings is 2. The molecule has 0 fully saturated rings. The van der Waals surface area contributed by atoms with Gasteiger partial charge in [-0.2, -0.15) is 4.31 Å². The number of aliphatic carboxylic acids is 1. The Labute approximate surface area is 165 Å². The van der Waals surface area contributed by atoms with Crippen LogP contribution in [0.4, 0.5) is 0 Å². The van der Waals surface area contributed by atoms with E-state index in [2.05, 4.69) is 0 Å². The summed E-state index contributed by atoms with van der Waals surface area (Å²) in [5.41, 5.74) is 1.44. The zero-order chi connectivity index (χ0) is 20.9. The molecule has 1 N–H and O–H groups in total. The number of rotatable bonds is 9. The number of methoxy groups -OCH3 is 2. The van der Waals surface area contributed by atoms with Crippen LogP contribution in [0.1, 0.15) is 25.0 Å². The fourth-order valence-electron chi connectivity index (χ4n) is 2.53. The van der Waals surface area contributed by atoms with Gasteiger partial charge in [0.1, 0.15) is 11.5 Å². The van der Waals surface area contributed by atoms with Gasteiger partial charge >= 0.3 is 5.97 Å². The number of hydrogen-bond donors (Lipinski definition) is 1. The summed E-state index contributed by atoms with van der Waals surface area (Å²) in [6.45, 7) is 2.46. The SMILES string of the molecule is COc1ccc(CN(Cc2ccc(OC)cc2)S(=O)(=O)C(C)(C)C(=O)O)cc1. The first kappa shape index (κ1) is 21.7. The Morgan fingerprint density at radius 2 is 1.25 bits per heavy atom. The highest BCUT2D eigenvalue weighted by Crippen LogP contribution is 2.26. The molecule has 0 unspecified atom stereocenters. The van der Waals surface area contributed by atoms with Crippen LogP contribution in [-0.2, 0) is 27.9 Å². The molecule has 0 aromatic heterocycles. The number of carbonyl (C=O) groups is 1. The molecule has 2 aromatic rings. The van der Waals surface area contributed by atoms with E-state index in [0.29, 0.717) is 11.5 Å². The second kappa shape index (κ2) is 8.62. The van der Waals surface area contributed by atoms with Crippen molar-refractivity contribution in [1.82, 2.24) is 4.31 Å². The van der Waals surface area contributed by atoms with Gasteiger partial charge in [-0.3, -0.25) is 4.79 Å². The van der Waals surface area contributed by atoms with Crippen molar-refractivity contribution in [3.8, 4) is 11.5 Å². The molecule has 2 rings (SSSR count). The summed E-state index contributed by atoms with van der Waals surface area (Å²) in [6, 6.07) is 13.9. The zero-order valence-electron chi connectivity index (χ0n) is 16.4. The maximum atomic E-state index is 13.1. The van der Waals surface area contributed by atoms with E-state index in [1.54, 1.807) is 62.8 Å². The van der Waals surface area contributed by atoms with E-state index in [-0.39, 0.29) is 13.1 Å². The first-order valence-electron chi connectivity index (χ1n) is 8.60. The molecule has 0 aliphatic heterocycles. The first-order chi connectivity index (χ1) is 13.1. The normalized spacial score (nSPS) is 12.0. The van der Waals surface area contributed by atoms with Crippen molar-refractivity contribution in [1.29, 1.82) is 0 Å². The summed E-state index contributed by atoms with van der Waals surface area (Å²) in [5.74, 6) is -0.0969. The van der Waals surface area contributed by atoms with Crippen LogP contribution < -0.4 is 9.47 Å². The van der Waals surface area contributed by atoms with Crippen molar-refractivity contribution in [2.45, 2.75) is 31.7 Å².